The van der Waals surface area contributed by atoms with Gasteiger partial charge in [-0.15, -0.1) is 0 Å². The summed E-state index contributed by atoms with van der Waals surface area (Å²) < 4.78 is 0. The minimum absolute atomic E-state index is 0.0561. The maximum Gasteiger partial charge on any atom is 0.264 e. The number of guanidine groups is 1. The van der Waals surface area contributed by atoms with Gasteiger partial charge in [0.1, 0.15) is 0 Å². The number of nitriles is 1. The quantitative estimate of drug-likeness (QED) is 0.455. The molecule has 1 fully saturated rings. The number of rotatable bonds is 5. The number of amides is 1. The number of benzene rings is 4. The van der Waals surface area contributed by atoms with Crippen LogP contribution in [0, 0.1) is 16.7 Å². The summed E-state index contributed by atoms with van der Waals surface area (Å²) in [6.07, 6.45) is 0. The highest BCUT2D eigenvalue weighted by molar-refractivity contribution is 6.10. The van der Waals surface area contributed by atoms with E-state index < -0.39 is 5.54 Å². The number of nitrogens with one attached hydrogen (secondary N) is 2. The molecule has 4 aromatic carbocycles. The molecule has 0 spiro atoms. The zero-order chi connectivity index (χ0) is 23.5. The minimum atomic E-state index is -1.16. The van der Waals surface area contributed by atoms with Crippen molar-refractivity contribution < 1.29 is 4.79 Å². The fraction of sp³-hybridized carbons (Fsp3) is 0.0690. The molecule has 5 nitrogen and oxygen atoms in total. The van der Waals surface area contributed by atoms with E-state index >= 15 is 0 Å². The molecule has 2 N–H and O–H groups in total. The summed E-state index contributed by atoms with van der Waals surface area (Å²) in [5, 5.41) is 21.4. The van der Waals surface area contributed by atoms with Crippen LogP contribution in [0.1, 0.15) is 22.3 Å². The second kappa shape index (κ2) is 8.68. The Morgan fingerprint density at radius 2 is 1.44 bits per heavy atom. The third-order valence-corrected chi connectivity index (χ3v) is 6.18. The summed E-state index contributed by atoms with van der Waals surface area (Å²) in [4.78, 5) is 15.5. The summed E-state index contributed by atoms with van der Waals surface area (Å²) in [7, 11) is 0. The zero-order valence-electron chi connectivity index (χ0n) is 18.4. The Hall–Kier alpha value is -4.69. The van der Waals surface area contributed by atoms with Gasteiger partial charge in [-0.05, 0) is 39.9 Å². The fourth-order valence-corrected chi connectivity index (χ4v) is 4.54. The van der Waals surface area contributed by atoms with Crippen molar-refractivity contribution in [1.29, 1.82) is 10.7 Å². The normalized spacial score (nSPS) is 14.5. The van der Waals surface area contributed by atoms with E-state index in [-0.39, 0.29) is 18.4 Å². The van der Waals surface area contributed by atoms with Crippen LogP contribution >= 0.6 is 0 Å². The highest BCUT2D eigenvalue weighted by atomic mass is 16.2. The summed E-state index contributed by atoms with van der Waals surface area (Å²) in [6.45, 7) is 0.245. The fourth-order valence-electron chi connectivity index (χ4n) is 4.54. The van der Waals surface area contributed by atoms with Crippen molar-refractivity contribution in [3.05, 3.63) is 131 Å². The van der Waals surface area contributed by atoms with Gasteiger partial charge in [0.15, 0.2) is 11.5 Å². The van der Waals surface area contributed by atoms with Crippen LogP contribution in [0.2, 0.25) is 0 Å². The summed E-state index contributed by atoms with van der Waals surface area (Å²) in [5.41, 5.74) is 3.63. The van der Waals surface area contributed by atoms with Gasteiger partial charge in [0.25, 0.3) is 5.91 Å². The molecular weight excluding hydrogens is 420 g/mol. The average Bonchev–Trinajstić information content (AvgIpc) is 3.15. The molecule has 34 heavy (non-hydrogen) atoms. The van der Waals surface area contributed by atoms with Crippen LogP contribution in [0.3, 0.4) is 0 Å². The molecule has 4 aromatic rings. The van der Waals surface area contributed by atoms with Gasteiger partial charge in [-0.2, -0.15) is 5.26 Å². The Morgan fingerprint density at radius 1 is 0.824 bits per heavy atom. The van der Waals surface area contributed by atoms with E-state index in [0.29, 0.717) is 5.56 Å². The van der Waals surface area contributed by atoms with Crippen molar-refractivity contribution >= 4 is 11.9 Å². The molecule has 5 rings (SSSR count). The number of nitrogens with zero attached hydrogens (tertiary/aromatic N) is 2. The van der Waals surface area contributed by atoms with E-state index in [1.54, 1.807) is 6.07 Å². The highest BCUT2D eigenvalue weighted by Crippen LogP contribution is 2.36. The number of hydrogen-bond donors (Lipinski definition) is 2. The van der Waals surface area contributed by atoms with Crippen LogP contribution < -0.4 is 5.32 Å². The van der Waals surface area contributed by atoms with Gasteiger partial charge < -0.3 is 5.32 Å². The molecule has 164 valence electrons. The molecule has 0 aromatic heterocycles. The molecule has 0 radical (unpaired) electrons. The molecule has 0 atom stereocenters. The van der Waals surface area contributed by atoms with Crippen LogP contribution in [-0.2, 0) is 16.9 Å². The van der Waals surface area contributed by atoms with E-state index in [4.69, 9.17) is 5.41 Å². The maximum absolute atomic E-state index is 14.0. The third kappa shape index (κ3) is 3.52. The first-order chi connectivity index (χ1) is 16.6. The van der Waals surface area contributed by atoms with Crippen LogP contribution in [0.15, 0.2) is 109 Å². The number of carbonyl (C=O) groups excluding carboxylic acids is 1. The van der Waals surface area contributed by atoms with Crippen LogP contribution in [-0.4, -0.2) is 16.8 Å². The van der Waals surface area contributed by atoms with E-state index in [0.717, 1.165) is 27.8 Å². The van der Waals surface area contributed by atoms with Crippen molar-refractivity contribution in [3.8, 4) is 17.2 Å². The van der Waals surface area contributed by atoms with Gasteiger partial charge >= 0.3 is 0 Å². The lowest BCUT2D eigenvalue weighted by Gasteiger charge is -2.28. The van der Waals surface area contributed by atoms with Gasteiger partial charge in [-0.3, -0.25) is 15.1 Å². The molecule has 5 heteroatoms. The lowest BCUT2D eigenvalue weighted by Crippen LogP contribution is -2.45. The molecule has 1 aliphatic heterocycles. The summed E-state index contributed by atoms with van der Waals surface area (Å²) in [5.74, 6) is -0.140. The largest absolute Gasteiger partial charge is 0.334 e. The molecule has 0 unspecified atom stereocenters. The smallest absolute Gasteiger partial charge is 0.264 e. The average molecular weight is 443 g/mol. The molecular formula is C29H22N4O. The maximum atomic E-state index is 14.0. The summed E-state index contributed by atoms with van der Waals surface area (Å²) in [6, 6.07) is 36.5. The van der Waals surface area contributed by atoms with E-state index in [2.05, 4.69) is 11.4 Å². The lowest BCUT2D eigenvalue weighted by atomic mass is 9.82. The molecule has 0 saturated carbocycles. The first kappa shape index (κ1) is 21.2. The Kier molecular flexibility index (Phi) is 5.41. The van der Waals surface area contributed by atoms with E-state index in [9.17, 15) is 10.1 Å². The second-order valence-corrected chi connectivity index (χ2v) is 8.20. The monoisotopic (exact) mass is 442 g/mol. The second-order valence-electron chi connectivity index (χ2n) is 8.20. The van der Waals surface area contributed by atoms with E-state index in [1.165, 1.54) is 4.90 Å². The first-order valence-corrected chi connectivity index (χ1v) is 11.0. The van der Waals surface area contributed by atoms with Crippen LogP contribution in [0.25, 0.3) is 11.1 Å². The molecule has 1 amide bonds. The van der Waals surface area contributed by atoms with E-state index in [1.807, 2.05) is 103 Å². The van der Waals surface area contributed by atoms with Crippen molar-refractivity contribution in [2.45, 2.75) is 12.1 Å². The Bertz CT molecular complexity index is 1370. The van der Waals surface area contributed by atoms with Crippen LogP contribution in [0.5, 0.6) is 0 Å². The zero-order valence-corrected chi connectivity index (χ0v) is 18.4. The molecule has 1 aliphatic rings. The molecule has 0 bridgehead atoms. The predicted octanol–water partition coefficient (Wildman–Crippen LogP) is 5.04. The van der Waals surface area contributed by atoms with Crippen LogP contribution in [0.4, 0.5) is 0 Å². The van der Waals surface area contributed by atoms with Gasteiger partial charge in [-0.1, -0.05) is 97.1 Å². The molecule has 1 heterocycles. The van der Waals surface area contributed by atoms with Gasteiger partial charge in [0, 0.05) is 0 Å². The molecule has 1 saturated heterocycles. The van der Waals surface area contributed by atoms with Crippen molar-refractivity contribution in [1.82, 2.24) is 10.2 Å². The number of carbonyl (C=O) groups is 1. The Labute approximate surface area is 198 Å². The SMILES string of the molecule is N#Cc1ccccc1-c1cccc(CN2C(=N)NC(c3ccccc3)(c3ccccc3)C2=O)c1. The first-order valence-electron chi connectivity index (χ1n) is 11.0. The predicted molar refractivity (Wildman–Crippen MR) is 132 cm³/mol. The third-order valence-electron chi connectivity index (χ3n) is 6.18. The van der Waals surface area contributed by atoms with Gasteiger partial charge in [0.2, 0.25) is 0 Å². The van der Waals surface area contributed by atoms with Gasteiger partial charge in [-0.25, -0.2) is 0 Å². The minimum Gasteiger partial charge on any atom is -0.334 e. The standard InChI is InChI=1S/C29H22N4O/c30-19-23-11-7-8-17-26(23)22-12-9-10-21(18-22)20-33-27(34)29(32-28(33)31,24-13-3-1-4-14-24)25-15-5-2-6-16-25/h1-18H,20H2,(H2,31,32). The molecule has 0 aliphatic carbocycles. The van der Waals surface area contributed by atoms with Crippen molar-refractivity contribution in [2.24, 2.45) is 0 Å². The lowest BCUT2D eigenvalue weighted by molar-refractivity contribution is -0.130. The highest BCUT2D eigenvalue weighted by Gasteiger charge is 2.52. The number of hydrogen-bond acceptors (Lipinski definition) is 3. The summed E-state index contributed by atoms with van der Waals surface area (Å²) >= 11 is 0. The Balaban J connectivity index is 1.53. The topological polar surface area (TPSA) is 80.0 Å². The van der Waals surface area contributed by atoms with Gasteiger partial charge in [0.05, 0.1) is 18.2 Å². The Morgan fingerprint density at radius 3 is 2.09 bits per heavy atom. The van der Waals surface area contributed by atoms with Crippen molar-refractivity contribution in [2.75, 3.05) is 0 Å². The van der Waals surface area contributed by atoms with Crippen molar-refractivity contribution in [3.63, 3.8) is 0 Å².